The summed E-state index contributed by atoms with van der Waals surface area (Å²) in [4.78, 5) is 26.7. The van der Waals surface area contributed by atoms with Crippen LogP contribution < -0.4 is 15.4 Å². The molecular formula is C25H30N2O4. The van der Waals surface area contributed by atoms with Crippen molar-refractivity contribution in [2.45, 2.75) is 39.7 Å². The van der Waals surface area contributed by atoms with Gasteiger partial charge in [0.15, 0.2) is 0 Å². The van der Waals surface area contributed by atoms with Crippen molar-refractivity contribution in [2.75, 3.05) is 18.1 Å². The van der Waals surface area contributed by atoms with Crippen LogP contribution in [0.2, 0.25) is 0 Å². The van der Waals surface area contributed by atoms with Gasteiger partial charge in [-0.15, -0.1) is 0 Å². The maximum atomic E-state index is 13.2. The number of nitrogens with two attached hydrogens (primary N) is 1. The van der Waals surface area contributed by atoms with E-state index in [1.165, 1.54) is 11.6 Å². The zero-order chi connectivity index (χ0) is 22.5. The van der Waals surface area contributed by atoms with Gasteiger partial charge in [-0.1, -0.05) is 37.8 Å². The summed E-state index contributed by atoms with van der Waals surface area (Å²) in [5, 5.41) is 0. The van der Waals surface area contributed by atoms with Crippen molar-refractivity contribution in [2.24, 2.45) is 11.7 Å². The van der Waals surface area contributed by atoms with Crippen LogP contribution in [-0.4, -0.2) is 25.2 Å². The number of rotatable bonds is 6. The van der Waals surface area contributed by atoms with E-state index in [2.05, 4.69) is 19.6 Å². The van der Waals surface area contributed by atoms with Crippen molar-refractivity contribution < 1.29 is 19.1 Å². The molecule has 0 aliphatic carbocycles. The van der Waals surface area contributed by atoms with Gasteiger partial charge in [0.05, 0.1) is 0 Å². The molecule has 3 rings (SSSR count). The molecule has 2 aromatic rings. The van der Waals surface area contributed by atoms with Crippen molar-refractivity contribution in [3.63, 3.8) is 0 Å². The molecular weight excluding hydrogens is 392 g/mol. The van der Waals surface area contributed by atoms with Crippen LogP contribution >= 0.6 is 0 Å². The van der Waals surface area contributed by atoms with Gasteiger partial charge in [-0.05, 0) is 66.6 Å². The molecule has 0 fully saturated rings. The molecule has 1 aliphatic heterocycles. The van der Waals surface area contributed by atoms with Crippen molar-refractivity contribution in [3.8, 4) is 5.75 Å². The van der Waals surface area contributed by atoms with E-state index < -0.39 is 12.2 Å². The van der Waals surface area contributed by atoms with Crippen LogP contribution in [0.5, 0.6) is 5.75 Å². The van der Waals surface area contributed by atoms with Crippen LogP contribution in [0.15, 0.2) is 49.1 Å². The van der Waals surface area contributed by atoms with E-state index >= 15 is 0 Å². The third-order valence-corrected chi connectivity index (χ3v) is 5.50. The molecule has 2 aromatic carbocycles. The van der Waals surface area contributed by atoms with Crippen LogP contribution in [0.1, 0.15) is 41.6 Å². The molecule has 2 unspecified atom stereocenters. The first-order valence-corrected chi connectivity index (χ1v) is 10.5. The monoisotopic (exact) mass is 422 g/mol. The Kier molecular flexibility index (Phi) is 7.13. The fourth-order valence-electron chi connectivity index (χ4n) is 4.26. The predicted octanol–water partition coefficient (Wildman–Crippen LogP) is 4.62. The van der Waals surface area contributed by atoms with Crippen molar-refractivity contribution in [3.05, 3.63) is 71.3 Å². The zero-order valence-electron chi connectivity index (χ0n) is 18.4. The number of aryl methyl sites for hydroxylation is 2. The normalized spacial score (nSPS) is 16.3. The molecule has 6 heteroatoms. The lowest BCUT2D eigenvalue weighted by molar-refractivity contribution is -0.119. The lowest BCUT2D eigenvalue weighted by atomic mass is 9.91. The average Bonchev–Trinajstić information content (AvgIpc) is 2.70. The molecule has 2 N–H and O–H groups in total. The lowest BCUT2D eigenvalue weighted by Gasteiger charge is -2.34. The number of carbonyl (C=O) groups is 2. The van der Waals surface area contributed by atoms with E-state index in [9.17, 15) is 9.59 Å². The molecule has 0 saturated heterocycles. The van der Waals surface area contributed by atoms with Gasteiger partial charge < -0.3 is 20.1 Å². The Labute approximate surface area is 183 Å². The van der Waals surface area contributed by atoms with Gasteiger partial charge in [-0.3, -0.25) is 4.79 Å². The number of fused-ring (bicyclic) bond motifs is 1. The highest BCUT2D eigenvalue weighted by Crippen LogP contribution is 2.32. The molecule has 1 amide bonds. The molecule has 0 aromatic heterocycles. The van der Waals surface area contributed by atoms with Gasteiger partial charge in [0.1, 0.15) is 12.4 Å². The van der Waals surface area contributed by atoms with Crippen LogP contribution in [-0.2, 0) is 16.0 Å². The summed E-state index contributed by atoms with van der Waals surface area (Å²) in [5.41, 5.74) is 11.3. The maximum absolute atomic E-state index is 13.2. The number of nitrogens with zero attached hydrogens (tertiary/aromatic N) is 1. The van der Waals surface area contributed by atoms with Crippen LogP contribution in [0.3, 0.4) is 0 Å². The summed E-state index contributed by atoms with van der Waals surface area (Å²) in [7, 11) is 0. The van der Waals surface area contributed by atoms with Gasteiger partial charge in [-0.25, -0.2) is 4.79 Å². The van der Waals surface area contributed by atoms with Gasteiger partial charge in [-0.2, -0.15) is 0 Å². The summed E-state index contributed by atoms with van der Waals surface area (Å²) < 4.78 is 10.1. The Hall–Kier alpha value is -3.12. The largest absolute Gasteiger partial charge is 0.514 e. The molecule has 31 heavy (non-hydrogen) atoms. The molecule has 0 saturated carbocycles. The number of ether oxygens (including phenoxy) is 2. The van der Waals surface area contributed by atoms with Crippen molar-refractivity contribution in [1.29, 1.82) is 0 Å². The van der Waals surface area contributed by atoms with Gasteiger partial charge in [0.25, 0.3) is 0 Å². The third-order valence-electron chi connectivity index (χ3n) is 5.50. The van der Waals surface area contributed by atoms with E-state index in [4.69, 9.17) is 15.2 Å². The van der Waals surface area contributed by atoms with Crippen molar-refractivity contribution in [1.82, 2.24) is 0 Å². The topological polar surface area (TPSA) is 81.9 Å². The summed E-state index contributed by atoms with van der Waals surface area (Å²) in [6.45, 7) is 10.2. The van der Waals surface area contributed by atoms with Gasteiger partial charge in [0, 0.05) is 24.7 Å². The van der Waals surface area contributed by atoms with E-state index in [1.54, 1.807) is 12.1 Å². The SMILES string of the molecule is C=CCOC(=O)Oc1cc(C)c(C(N)CC(=O)N2CC(C)Cc3ccccc32)c(C)c1. The predicted molar refractivity (Wildman–Crippen MR) is 121 cm³/mol. The van der Waals surface area contributed by atoms with Crippen molar-refractivity contribution >= 4 is 17.7 Å². The highest BCUT2D eigenvalue weighted by Gasteiger charge is 2.28. The minimum atomic E-state index is -0.788. The van der Waals surface area contributed by atoms with Crippen LogP contribution in [0, 0.1) is 19.8 Å². The molecule has 6 nitrogen and oxygen atoms in total. The molecule has 0 radical (unpaired) electrons. The minimum Gasteiger partial charge on any atom is -0.430 e. The standard InChI is InChI=1S/C25H30N2O4/c1-5-10-30-25(29)31-20-12-17(3)24(18(4)13-20)21(26)14-23(28)27-15-16(2)11-19-8-6-7-9-22(19)27/h5-9,12-13,16,21H,1,10-11,14-15,26H2,2-4H3. The summed E-state index contributed by atoms with van der Waals surface area (Å²) >= 11 is 0. The summed E-state index contributed by atoms with van der Waals surface area (Å²) in [5.74, 6) is 0.791. The average molecular weight is 423 g/mol. The molecule has 164 valence electrons. The number of amides is 1. The zero-order valence-corrected chi connectivity index (χ0v) is 18.4. The second-order valence-electron chi connectivity index (χ2n) is 8.18. The minimum absolute atomic E-state index is 0.0126. The quantitative estimate of drug-likeness (QED) is 0.417. The maximum Gasteiger partial charge on any atom is 0.514 e. The highest BCUT2D eigenvalue weighted by molar-refractivity contribution is 5.95. The third kappa shape index (κ3) is 5.33. The Bertz CT molecular complexity index is 962. The Morgan fingerprint density at radius 3 is 2.61 bits per heavy atom. The second-order valence-corrected chi connectivity index (χ2v) is 8.18. The van der Waals surface area contributed by atoms with E-state index in [1.807, 2.05) is 36.9 Å². The lowest BCUT2D eigenvalue weighted by Crippen LogP contribution is -2.40. The summed E-state index contributed by atoms with van der Waals surface area (Å²) in [6, 6.07) is 11.1. The summed E-state index contributed by atoms with van der Waals surface area (Å²) in [6.07, 6.45) is 1.85. The van der Waals surface area contributed by atoms with Gasteiger partial charge >= 0.3 is 6.16 Å². The highest BCUT2D eigenvalue weighted by atomic mass is 16.7. The number of anilines is 1. The number of para-hydroxylation sites is 1. The Balaban J connectivity index is 1.74. The Morgan fingerprint density at radius 1 is 1.26 bits per heavy atom. The van der Waals surface area contributed by atoms with E-state index in [-0.39, 0.29) is 18.9 Å². The van der Waals surface area contributed by atoms with Crippen LogP contribution in [0.4, 0.5) is 10.5 Å². The number of hydrogen-bond donors (Lipinski definition) is 1. The van der Waals surface area contributed by atoms with Gasteiger partial charge in [0.2, 0.25) is 5.91 Å². The number of benzene rings is 2. The fourth-order valence-corrected chi connectivity index (χ4v) is 4.26. The molecule has 0 spiro atoms. The first kappa shape index (κ1) is 22.6. The second kappa shape index (κ2) is 9.79. The number of hydrogen-bond acceptors (Lipinski definition) is 5. The molecule has 1 aliphatic rings. The van der Waals surface area contributed by atoms with Crippen LogP contribution in [0.25, 0.3) is 0 Å². The molecule has 1 heterocycles. The first-order valence-electron chi connectivity index (χ1n) is 10.5. The number of carbonyl (C=O) groups excluding carboxylic acids is 2. The van der Waals surface area contributed by atoms with E-state index in [0.29, 0.717) is 18.2 Å². The molecule has 2 atom stereocenters. The Morgan fingerprint density at radius 2 is 1.94 bits per heavy atom. The molecule has 0 bridgehead atoms. The smallest absolute Gasteiger partial charge is 0.430 e. The fraction of sp³-hybridized carbons (Fsp3) is 0.360. The first-order chi connectivity index (χ1) is 14.8. The van der Waals surface area contributed by atoms with E-state index in [0.717, 1.165) is 28.8 Å².